The largest absolute Gasteiger partial charge is 0.480 e. The number of sulfonamides is 1. The molecule has 0 heterocycles. The Kier molecular flexibility index (Phi) is 5.98. The van der Waals surface area contributed by atoms with E-state index in [1.54, 1.807) is 30.3 Å². The van der Waals surface area contributed by atoms with Gasteiger partial charge in [0.1, 0.15) is 6.04 Å². The normalized spacial score (nSPS) is 13.1. The van der Waals surface area contributed by atoms with E-state index in [-0.39, 0.29) is 5.75 Å². The number of hydrogen-bond acceptors (Lipinski definition) is 3. The molecule has 2 N–H and O–H groups in total. The van der Waals surface area contributed by atoms with Crippen LogP contribution in [0.2, 0.25) is 0 Å². The number of hydrogen-bond donors (Lipinski definition) is 2. The highest BCUT2D eigenvalue weighted by Gasteiger charge is 2.25. The highest BCUT2D eigenvalue weighted by Crippen LogP contribution is 2.14. The van der Waals surface area contributed by atoms with E-state index in [1.807, 2.05) is 6.92 Å². The Morgan fingerprint density at radius 2 is 1.89 bits per heavy atom. The van der Waals surface area contributed by atoms with Gasteiger partial charge in [0.05, 0.1) is 5.75 Å². The van der Waals surface area contributed by atoms with Gasteiger partial charge in [-0.2, -0.15) is 4.72 Å². The second-order valence-electron chi connectivity index (χ2n) is 4.33. The van der Waals surface area contributed by atoms with E-state index in [0.29, 0.717) is 12.0 Å². The van der Waals surface area contributed by atoms with Crippen molar-refractivity contribution >= 4 is 16.0 Å². The first-order chi connectivity index (χ1) is 8.96. The Balaban J connectivity index is 2.77. The molecule has 106 valence electrons. The first kappa shape index (κ1) is 15.7. The lowest BCUT2D eigenvalue weighted by atomic mass is 10.1. The second kappa shape index (κ2) is 7.25. The molecule has 5 nitrogen and oxygen atoms in total. The lowest BCUT2D eigenvalue weighted by molar-refractivity contribution is -0.139. The Labute approximate surface area is 113 Å². The summed E-state index contributed by atoms with van der Waals surface area (Å²) >= 11 is 0. The predicted molar refractivity (Wildman–Crippen MR) is 73.3 cm³/mol. The molecule has 0 saturated carbocycles. The molecule has 0 spiro atoms. The number of carboxylic acid groups (broad SMARTS) is 1. The van der Waals surface area contributed by atoms with Gasteiger partial charge in [-0.3, -0.25) is 4.79 Å². The molecule has 0 fully saturated rings. The summed E-state index contributed by atoms with van der Waals surface area (Å²) in [6, 6.07) is 7.06. The molecule has 0 aliphatic heterocycles. The summed E-state index contributed by atoms with van der Waals surface area (Å²) in [5.41, 5.74) is 0.425. The average Bonchev–Trinajstić information content (AvgIpc) is 2.37. The highest BCUT2D eigenvalue weighted by molar-refractivity contribution is 7.89. The molecule has 1 rings (SSSR count). The molecular formula is C13H19NO4S. The van der Waals surface area contributed by atoms with Crippen molar-refractivity contribution in [3.05, 3.63) is 35.9 Å². The monoisotopic (exact) mass is 285 g/mol. The predicted octanol–water partition coefficient (Wildman–Crippen LogP) is 1.92. The number of unbranched alkanes of at least 4 members (excludes halogenated alkanes) is 2. The summed E-state index contributed by atoms with van der Waals surface area (Å²) < 4.78 is 25.9. The zero-order chi connectivity index (χ0) is 14.3. The van der Waals surface area contributed by atoms with E-state index < -0.39 is 22.0 Å². The van der Waals surface area contributed by atoms with Crippen LogP contribution in [0.4, 0.5) is 0 Å². The van der Waals surface area contributed by atoms with Crippen LogP contribution < -0.4 is 4.72 Å². The van der Waals surface area contributed by atoms with Crippen molar-refractivity contribution in [1.29, 1.82) is 0 Å². The topological polar surface area (TPSA) is 83.5 Å². The molecule has 0 aliphatic carbocycles. The number of benzene rings is 1. The fraction of sp³-hybridized carbons (Fsp3) is 0.462. The maximum absolute atomic E-state index is 11.8. The van der Waals surface area contributed by atoms with Gasteiger partial charge in [-0.1, -0.05) is 50.1 Å². The Morgan fingerprint density at radius 1 is 1.26 bits per heavy atom. The van der Waals surface area contributed by atoms with Gasteiger partial charge in [0, 0.05) is 0 Å². The molecular weight excluding hydrogens is 266 g/mol. The summed E-state index contributed by atoms with van der Waals surface area (Å²) in [6.07, 6.45) is 2.26. The number of aliphatic carboxylic acids is 1. The summed E-state index contributed by atoms with van der Waals surface area (Å²) in [4.78, 5) is 11.2. The molecule has 0 radical (unpaired) electrons. The van der Waals surface area contributed by atoms with Crippen LogP contribution in [0.3, 0.4) is 0 Å². The van der Waals surface area contributed by atoms with Crippen LogP contribution in [-0.4, -0.2) is 25.2 Å². The van der Waals surface area contributed by atoms with Crippen molar-refractivity contribution in [1.82, 2.24) is 4.72 Å². The minimum atomic E-state index is -3.58. The minimum Gasteiger partial charge on any atom is -0.480 e. The fourth-order valence-electron chi connectivity index (χ4n) is 1.69. The summed E-state index contributed by atoms with van der Waals surface area (Å²) in [7, 11) is -3.58. The number of carboxylic acids is 1. The molecule has 19 heavy (non-hydrogen) atoms. The van der Waals surface area contributed by atoms with E-state index in [9.17, 15) is 13.2 Å². The zero-order valence-electron chi connectivity index (χ0n) is 10.9. The van der Waals surface area contributed by atoms with Gasteiger partial charge in [-0.25, -0.2) is 8.42 Å². The van der Waals surface area contributed by atoms with Gasteiger partial charge < -0.3 is 5.11 Å². The van der Waals surface area contributed by atoms with Crippen molar-refractivity contribution in [2.75, 3.05) is 5.75 Å². The minimum absolute atomic E-state index is 0.0442. The zero-order valence-corrected chi connectivity index (χ0v) is 11.7. The molecule has 0 unspecified atom stereocenters. The second-order valence-corrected chi connectivity index (χ2v) is 6.20. The molecule has 0 amide bonds. The molecule has 6 heteroatoms. The third-order valence-corrected chi connectivity index (χ3v) is 4.11. The first-order valence-electron chi connectivity index (χ1n) is 6.24. The van der Waals surface area contributed by atoms with Gasteiger partial charge in [0.25, 0.3) is 0 Å². The molecule has 0 bridgehead atoms. The molecule has 1 aromatic carbocycles. The van der Waals surface area contributed by atoms with Gasteiger partial charge in [-0.15, -0.1) is 0 Å². The number of nitrogens with one attached hydrogen (secondary N) is 1. The standard InChI is InChI=1S/C13H19NO4S/c1-2-3-7-10-19(17,18)14-12(13(15)16)11-8-5-4-6-9-11/h4-6,8-9,12,14H,2-3,7,10H2,1H3,(H,15,16)/t12-/m0/s1. The summed E-state index contributed by atoms with van der Waals surface area (Å²) in [5.74, 6) is -1.25. The van der Waals surface area contributed by atoms with Crippen molar-refractivity contribution in [2.24, 2.45) is 0 Å². The number of carbonyl (C=O) groups is 1. The average molecular weight is 285 g/mol. The van der Waals surface area contributed by atoms with E-state index in [2.05, 4.69) is 4.72 Å². The van der Waals surface area contributed by atoms with Crippen LogP contribution in [0.15, 0.2) is 30.3 Å². The lowest BCUT2D eigenvalue weighted by Gasteiger charge is -2.15. The van der Waals surface area contributed by atoms with E-state index in [4.69, 9.17) is 5.11 Å². The maximum Gasteiger partial charge on any atom is 0.326 e. The smallest absolute Gasteiger partial charge is 0.326 e. The molecule has 0 aromatic heterocycles. The van der Waals surface area contributed by atoms with Crippen LogP contribution in [0.1, 0.15) is 37.8 Å². The summed E-state index contributed by atoms with van der Waals surface area (Å²) in [6.45, 7) is 1.98. The van der Waals surface area contributed by atoms with Gasteiger partial charge >= 0.3 is 5.97 Å². The fourth-order valence-corrected chi connectivity index (χ4v) is 2.99. The van der Waals surface area contributed by atoms with Crippen LogP contribution >= 0.6 is 0 Å². The summed E-state index contributed by atoms with van der Waals surface area (Å²) in [5, 5.41) is 9.13. The Bertz CT molecular complexity index is 499. The Hall–Kier alpha value is -1.40. The van der Waals surface area contributed by atoms with Crippen LogP contribution in [-0.2, 0) is 14.8 Å². The lowest BCUT2D eigenvalue weighted by Crippen LogP contribution is -2.35. The van der Waals surface area contributed by atoms with Crippen LogP contribution in [0.25, 0.3) is 0 Å². The molecule has 1 atom stereocenters. The van der Waals surface area contributed by atoms with E-state index in [1.165, 1.54) is 0 Å². The van der Waals surface area contributed by atoms with E-state index in [0.717, 1.165) is 12.8 Å². The highest BCUT2D eigenvalue weighted by atomic mass is 32.2. The van der Waals surface area contributed by atoms with E-state index >= 15 is 0 Å². The van der Waals surface area contributed by atoms with Crippen LogP contribution in [0.5, 0.6) is 0 Å². The van der Waals surface area contributed by atoms with Crippen molar-refractivity contribution in [3.8, 4) is 0 Å². The van der Waals surface area contributed by atoms with Gasteiger partial charge in [-0.05, 0) is 12.0 Å². The molecule has 1 aromatic rings. The molecule has 0 aliphatic rings. The molecule has 0 saturated heterocycles. The van der Waals surface area contributed by atoms with Crippen LogP contribution in [0, 0.1) is 0 Å². The maximum atomic E-state index is 11.8. The van der Waals surface area contributed by atoms with Gasteiger partial charge in [0.2, 0.25) is 10.0 Å². The third kappa shape index (κ3) is 5.40. The van der Waals surface area contributed by atoms with Crippen molar-refractivity contribution in [2.45, 2.75) is 32.2 Å². The first-order valence-corrected chi connectivity index (χ1v) is 7.89. The Morgan fingerprint density at radius 3 is 2.42 bits per heavy atom. The van der Waals surface area contributed by atoms with Gasteiger partial charge in [0.15, 0.2) is 0 Å². The SMILES string of the molecule is CCCCCS(=O)(=O)N[C@H](C(=O)O)c1ccccc1. The van der Waals surface area contributed by atoms with Crippen molar-refractivity contribution < 1.29 is 18.3 Å². The third-order valence-electron chi connectivity index (χ3n) is 2.69. The quantitative estimate of drug-likeness (QED) is 0.715. The number of rotatable bonds is 8. The van der Waals surface area contributed by atoms with Crippen molar-refractivity contribution in [3.63, 3.8) is 0 Å².